The number of hydrogen-bond donors (Lipinski definition) is 1. The zero-order valence-electron chi connectivity index (χ0n) is 16.9. The predicted octanol–water partition coefficient (Wildman–Crippen LogP) is 3.96. The number of hydrogen-bond acceptors (Lipinski definition) is 6. The highest BCUT2D eigenvalue weighted by Crippen LogP contribution is 2.25. The van der Waals surface area contributed by atoms with Gasteiger partial charge in [-0.25, -0.2) is 4.98 Å². The largest absolute Gasteiger partial charge is 0.497 e. The fourth-order valence-electron chi connectivity index (χ4n) is 3.60. The molecule has 1 fully saturated rings. The summed E-state index contributed by atoms with van der Waals surface area (Å²) in [6.45, 7) is 5.42. The summed E-state index contributed by atoms with van der Waals surface area (Å²) in [5.41, 5.74) is 1.99. The molecule has 6 nitrogen and oxygen atoms in total. The van der Waals surface area contributed by atoms with Crippen LogP contribution in [0.2, 0.25) is 0 Å². The van der Waals surface area contributed by atoms with E-state index in [1.807, 2.05) is 23.6 Å². The van der Waals surface area contributed by atoms with Gasteiger partial charge in [0.2, 0.25) is 5.91 Å². The van der Waals surface area contributed by atoms with Crippen LogP contribution in [0, 0.1) is 5.92 Å². The topological polar surface area (TPSA) is 63.7 Å². The molecule has 1 aromatic heterocycles. The highest BCUT2D eigenvalue weighted by molar-refractivity contribution is 7.13. The van der Waals surface area contributed by atoms with Crippen molar-refractivity contribution in [3.8, 4) is 11.5 Å². The van der Waals surface area contributed by atoms with Crippen LogP contribution in [0.4, 0.5) is 5.13 Å². The van der Waals surface area contributed by atoms with E-state index in [1.54, 1.807) is 14.2 Å². The summed E-state index contributed by atoms with van der Waals surface area (Å²) in [6.07, 6.45) is 3.51. The van der Waals surface area contributed by atoms with Crippen molar-refractivity contribution in [1.82, 2.24) is 9.88 Å². The summed E-state index contributed by atoms with van der Waals surface area (Å²) in [4.78, 5) is 19.4. The van der Waals surface area contributed by atoms with Gasteiger partial charge in [-0.2, -0.15) is 0 Å². The first-order valence-electron chi connectivity index (χ1n) is 9.75. The lowest BCUT2D eigenvalue weighted by Crippen LogP contribution is -2.33. The number of amides is 1. The van der Waals surface area contributed by atoms with Gasteiger partial charge < -0.3 is 14.8 Å². The van der Waals surface area contributed by atoms with Gasteiger partial charge in [-0.3, -0.25) is 9.69 Å². The first kappa shape index (κ1) is 20.6. The minimum atomic E-state index is -0.0441. The van der Waals surface area contributed by atoms with Crippen LogP contribution in [0.25, 0.3) is 0 Å². The number of benzene rings is 1. The molecule has 0 bridgehead atoms. The zero-order valence-corrected chi connectivity index (χ0v) is 17.7. The molecule has 0 aliphatic carbocycles. The maximum absolute atomic E-state index is 12.4. The number of nitrogens with one attached hydrogen (secondary N) is 1. The molecule has 0 radical (unpaired) electrons. The Kier molecular flexibility index (Phi) is 7.28. The minimum Gasteiger partial charge on any atom is -0.497 e. The molecule has 3 rings (SSSR count). The second-order valence-corrected chi connectivity index (χ2v) is 8.21. The van der Waals surface area contributed by atoms with Crippen LogP contribution in [0.5, 0.6) is 11.5 Å². The lowest BCUT2D eigenvalue weighted by atomic mass is 10.0. The number of piperidine rings is 1. The normalized spacial score (nSPS) is 17.3. The Labute approximate surface area is 170 Å². The van der Waals surface area contributed by atoms with Gasteiger partial charge in [-0.1, -0.05) is 6.92 Å². The van der Waals surface area contributed by atoms with E-state index in [1.165, 1.54) is 24.2 Å². The first-order valence-corrected chi connectivity index (χ1v) is 10.6. The van der Waals surface area contributed by atoms with Gasteiger partial charge in [0.05, 0.1) is 19.9 Å². The van der Waals surface area contributed by atoms with Crippen molar-refractivity contribution in [2.75, 3.05) is 32.6 Å². The number of methoxy groups -OCH3 is 2. The van der Waals surface area contributed by atoms with Gasteiger partial charge in [0.15, 0.2) is 5.13 Å². The Morgan fingerprint density at radius 1 is 1.36 bits per heavy atom. The maximum Gasteiger partial charge on any atom is 0.226 e. The Morgan fingerprint density at radius 3 is 2.96 bits per heavy atom. The summed E-state index contributed by atoms with van der Waals surface area (Å²) >= 11 is 1.49. The molecule has 1 N–H and O–H groups in total. The summed E-state index contributed by atoms with van der Waals surface area (Å²) < 4.78 is 10.6. The van der Waals surface area contributed by atoms with Crippen LogP contribution < -0.4 is 14.8 Å². The van der Waals surface area contributed by atoms with Crippen molar-refractivity contribution in [3.63, 3.8) is 0 Å². The molecule has 1 amide bonds. The van der Waals surface area contributed by atoms with Crippen LogP contribution in [0.15, 0.2) is 23.6 Å². The second-order valence-electron chi connectivity index (χ2n) is 7.35. The standard InChI is InChI=1S/C21H29N3O3S/c1-15-5-4-10-24(12-15)13-17-14-28-21(22-17)23-20(25)9-6-16-11-18(26-2)7-8-19(16)27-3/h7-8,11,14-15H,4-6,9-10,12-13H2,1-3H3,(H,22,23,25). The van der Waals surface area contributed by atoms with Crippen LogP contribution in [-0.2, 0) is 17.8 Å². The molecule has 1 atom stereocenters. The van der Waals surface area contributed by atoms with E-state index in [0.29, 0.717) is 18.0 Å². The number of nitrogens with zero attached hydrogens (tertiary/aromatic N) is 2. The third-order valence-corrected chi connectivity index (χ3v) is 5.84. The highest BCUT2D eigenvalue weighted by Gasteiger charge is 2.17. The molecule has 1 aromatic carbocycles. The number of carbonyl (C=O) groups excluding carboxylic acids is 1. The monoisotopic (exact) mass is 403 g/mol. The molecule has 1 aliphatic heterocycles. The number of rotatable bonds is 8. The van der Waals surface area contributed by atoms with Crippen molar-refractivity contribution in [2.45, 2.75) is 39.2 Å². The summed E-state index contributed by atoms with van der Waals surface area (Å²) in [5.74, 6) is 2.23. The molecule has 28 heavy (non-hydrogen) atoms. The average Bonchev–Trinajstić information content (AvgIpc) is 3.12. The van der Waals surface area contributed by atoms with E-state index < -0.39 is 0 Å². The number of anilines is 1. The molecule has 152 valence electrons. The molecule has 2 aromatic rings. The molecule has 1 aliphatic rings. The van der Waals surface area contributed by atoms with Crippen molar-refractivity contribution in [3.05, 3.63) is 34.8 Å². The lowest BCUT2D eigenvalue weighted by Gasteiger charge is -2.30. The Morgan fingerprint density at radius 2 is 2.21 bits per heavy atom. The molecule has 1 unspecified atom stereocenters. The quantitative estimate of drug-likeness (QED) is 0.723. The summed E-state index contributed by atoms with van der Waals surface area (Å²) in [5, 5.41) is 5.63. The third kappa shape index (κ3) is 5.69. The zero-order chi connectivity index (χ0) is 19.9. The Bertz CT molecular complexity index is 793. The van der Waals surface area contributed by atoms with Crippen LogP contribution in [-0.4, -0.2) is 43.1 Å². The van der Waals surface area contributed by atoms with E-state index >= 15 is 0 Å². The fourth-order valence-corrected chi connectivity index (χ4v) is 4.32. The smallest absolute Gasteiger partial charge is 0.226 e. The van der Waals surface area contributed by atoms with Crippen molar-refractivity contribution >= 4 is 22.4 Å². The Hall–Kier alpha value is -2.12. The molecule has 0 spiro atoms. The van der Waals surface area contributed by atoms with E-state index in [2.05, 4.69) is 22.1 Å². The summed E-state index contributed by atoms with van der Waals surface area (Å²) in [6, 6.07) is 5.62. The molecule has 1 saturated heterocycles. The predicted molar refractivity (Wildman–Crippen MR) is 112 cm³/mol. The number of likely N-dealkylation sites (tertiary alicyclic amines) is 1. The SMILES string of the molecule is COc1ccc(OC)c(CCC(=O)Nc2nc(CN3CCCC(C)C3)cs2)c1. The summed E-state index contributed by atoms with van der Waals surface area (Å²) in [7, 11) is 3.26. The third-order valence-electron chi connectivity index (χ3n) is 5.03. The fraction of sp³-hybridized carbons (Fsp3) is 0.524. The van der Waals surface area contributed by atoms with E-state index in [4.69, 9.17) is 9.47 Å². The lowest BCUT2D eigenvalue weighted by molar-refractivity contribution is -0.116. The van der Waals surface area contributed by atoms with Gasteiger partial charge >= 0.3 is 0 Å². The molecule has 0 saturated carbocycles. The van der Waals surface area contributed by atoms with Gasteiger partial charge in [0.1, 0.15) is 11.5 Å². The number of aromatic nitrogens is 1. The van der Waals surface area contributed by atoms with Crippen LogP contribution >= 0.6 is 11.3 Å². The van der Waals surface area contributed by atoms with E-state index in [-0.39, 0.29) is 5.91 Å². The van der Waals surface area contributed by atoms with Gasteiger partial charge in [-0.15, -0.1) is 11.3 Å². The van der Waals surface area contributed by atoms with Crippen LogP contribution in [0.1, 0.15) is 37.4 Å². The average molecular weight is 404 g/mol. The van der Waals surface area contributed by atoms with Crippen LogP contribution in [0.3, 0.4) is 0 Å². The molecule has 7 heteroatoms. The Balaban J connectivity index is 1.51. The maximum atomic E-state index is 12.4. The van der Waals surface area contributed by atoms with Gasteiger partial charge in [0, 0.05) is 24.9 Å². The first-order chi connectivity index (χ1) is 13.6. The van der Waals surface area contributed by atoms with Crippen molar-refractivity contribution in [1.29, 1.82) is 0 Å². The van der Waals surface area contributed by atoms with Crippen molar-refractivity contribution in [2.24, 2.45) is 5.92 Å². The van der Waals surface area contributed by atoms with E-state index in [9.17, 15) is 4.79 Å². The van der Waals surface area contributed by atoms with Gasteiger partial charge in [0.25, 0.3) is 0 Å². The molecular formula is C21H29N3O3S. The minimum absolute atomic E-state index is 0.0441. The van der Waals surface area contributed by atoms with E-state index in [0.717, 1.165) is 48.3 Å². The number of aryl methyl sites for hydroxylation is 1. The number of thiazole rings is 1. The molecule has 2 heterocycles. The highest BCUT2D eigenvalue weighted by atomic mass is 32.1. The van der Waals surface area contributed by atoms with Crippen molar-refractivity contribution < 1.29 is 14.3 Å². The molecular weight excluding hydrogens is 374 g/mol. The van der Waals surface area contributed by atoms with Gasteiger partial charge in [-0.05, 0) is 55.5 Å². The number of ether oxygens (including phenoxy) is 2. The number of carbonyl (C=O) groups is 1. The second kappa shape index (κ2) is 9.89.